The molecule has 0 unspecified atom stereocenters. The van der Waals surface area contributed by atoms with E-state index in [4.69, 9.17) is 5.73 Å². The monoisotopic (exact) mass is 324 g/mol. The summed E-state index contributed by atoms with van der Waals surface area (Å²) in [5.41, 5.74) is 8.57. The normalized spacial score (nSPS) is 16.0. The number of nitrogens with one attached hydrogen (secondary N) is 1. The Morgan fingerprint density at radius 2 is 1.92 bits per heavy atom. The Labute approximate surface area is 137 Å². The highest BCUT2D eigenvalue weighted by atomic mass is 16.2. The van der Waals surface area contributed by atoms with Gasteiger partial charge in [0.25, 0.3) is 17.4 Å². The molecule has 0 bridgehead atoms. The molecular weight excluding hydrogens is 308 g/mol. The first-order valence-electron chi connectivity index (χ1n) is 7.73. The van der Waals surface area contributed by atoms with E-state index in [1.807, 2.05) is 25.2 Å². The molecule has 122 valence electrons. The zero-order valence-electron chi connectivity index (χ0n) is 13.1. The van der Waals surface area contributed by atoms with Gasteiger partial charge in [0.05, 0.1) is 16.8 Å². The van der Waals surface area contributed by atoms with Crippen molar-refractivity contribution < 1.29 is 9.59 Å². The predicted octanol–water partition coefficient (Wildman–Crippen LogP) is 0.686. The van der Waals surface area contributed by atoms with Crippen LogP contribution in [0.3, 0.4) is 0 Å². The van der Waals surface area contributed by atoms with Crippen LogP contribution >= 0.6 is 0 Å². The Bertz CT molecular complexity index is 961. The van der Waals surface area contributed by atoms with Crippen LogP contribution in [0.2, 0.25) is 0 Å². The Hall–Kier alpha value is -3.09. The molecule has 1 aromatic carbocycles. The number of aryl methyl sites for hydroxylation is 1. The largest absolute Gasteiger partial charge is 0.384 e. The molecule has 0 saturated heterocycles. The second-order valence-electron chi connectivity index (χ2n) is 6.11. The number of nitrogens with zero attached hydrogens (tertiary/aromatic N) is 2. The van der Waals surface area contributed by atoms with Gasteiger partial charge in [0.1, 0.15) is 5.82 Å². The van der Waals surface area contributed by atoms with Crippen molar-refractivity contribution in [2.75, 3.05) is 24.2 Å². The van der Waals surface area contributed by atoms with E-state index >= 15 is 0 Å². The molecule has 2 aliphatic rings. The standard InChI is InChI=1S/C17H16N4O3/c1-20-6-2-3-9-4-5-10(7-12(9)20)21-13(22)8-11-14(15(21)18)17(24)19-16(11)23/h4-5,7-8H,2-3,6,18H2,1H3,(H,19,23,24). The van der Waals surface area contributed by atoms with Gasteiger partial charge in [-0.05, 0) is 30.5 Å². The van der Waals surface area contributed by atoms with E-state index in [0.717, 1.165) is 31.1 Å². The maximum Gasteiger partial charge on any atom is 0.262 e. The number of hydrogen-bond donors (Lipinski definition) is 2. The summed E-state index contributed by atoms with van der Waals surface area (Å²) < 4.78 is 1.28. The molecule has 3 N–H and O–H groups in total. The van der Waals surface area contributed by atoms with Gasteiger partial charge >= 0.3 is 0 Å². The minimum atomic E-state index is -0.587. The molecule has 0 radical (unpaired) electrons. The van der Waals surface area contributed by atoms with E-state index in [1.54, 1.807) is 0 Å². The number of carbonyl (C=O) groups is 2. The number of hydrogen-bond acceptors (Lipinski definition) is 5. The Morgan fingerprint density at radius 1 is 1.12 bits per heavy atom. The SMILES string of the molecule is CN1CCCc2ccc(-n3c(N)c4c(cc3=O)C(=O)NC4=O)cc21. The molecule has 1 aromatic heterocycles. The summed E-state index contributed by atoms with van der Waals surface area (Å²) in [5.74, 6) is -1.17. The molecule has 7 heteroatoms. The van der Waals surface area contributed by atoms with Crippen molar-refractivity contribution in [2.45, 2.75) is 12.8 Å². The highest BCUT2D eigenvalue weighted by molar-refractivity contribution is 6.23. The number of anilines is 2. The maximum atomic E-state index is 12.5. The highest BCUT2D eigenvalue weighted by Crippen LogP contribution is 2.30. The van der Waals surface area contributed by atoms with Crippen LogP contribution < -0.4 is 21.5 Å². The van der Waals surface area contributed by atoms with Crippen molar-refractivity contribution in [1.29, 1.82) is 0 Å². The van der Waals surface area contributed by atoms with Crippen LogP contribution in [-0.4, -0.2) is 30.0 Å². The number of carbonyl (C=O) groups excluding carboxylic acids is 2. The van der Waals surface area contributed by atoms with Crippen LogP contribution in [0.1, 0.15) is 32.7 Å². The lowest BCUT2D eigenvalue weighted by Crippen LogP contribution is -2.27. The van der Waals surface area contributed by atoms with Crippen LogP contribution in [0, 0.1) is 0 Å². The Kier molecular flexibility index (Phi) is 2.99. The topological polar surface area (TPSA) is 97.4 Å². The fourth-order valence-electron chi connectivity index (χ4n) is 3.43. The second-order valence-corrected chi connectivity index (χ2v) is 6.11. The molecule has 2 aromatic rings. The third-order valence-electron chi connectivity index (χ3n) is 4.63. The number of rotatable bonds is 1. The van der Waals surface area contributed by atoms with Gasteiger partial charge in [-0.3, -0.25) is 24.3 Å². The molecule has 0 fully saturated rings. The number of nitrogens with two attached hydrogens (primary N) is 1. The van der Waals surface area contributed by atoms with Crippen LogP contribution in [0.15, 0.2) is 29.1 Å². The van der Waals surface area contributed by atoms with E-state index in [2.05, 4.69) is 10.2 Å². The molecule has 0 spiro atoms. The predicted molar refractivity (Wildman–Crippen MR) is 89.8 cm³/mol. The van der Waals surface area contributed by atoms with E-state index in [9.17, 15) is 14.4 Å². The van der Waals surface area contributed by atoms with Crippen LogP contribution in [0.4, 0.5) is 11.5 Å². The highest BCUT2D eigenvalue weighted by Gasteiger charge is 2.32. The molecule has 0 atom stereocenters. The smallest absolute Gasteiger partial charge is 0.262 e. The minimum absolute atomic E-state index is 0.0146. The number of fused-ring (bicyclic) bond motifs is 2. The van der Waals surface area contributed by atoms with Gasteiger partial charge in [0.2, 0.25) is 0 Å². The zero-order chi connectivity index (χ0) is 17.0. The van der Waals surface area contributed by atoms with Gasteiger partial charge in [0, 0.05) is 25.3 Å². The Morgan fingerprint density at radius 3 is 2.71 bits per heavy atom. The second kappa shape index (κ2) is 4.95. The number of benzene rings is 1. The molecule has 0 aliphatic carbocycles. The van der Waals surface area contributed by atoms with E-state index in [-0.39, 0.29) is 16.9 Å². The van der Waals surface area contributed by atoms with Crippen molar-refractivity contribution in [2.24, 2.45) is 0 Å². The van der Waals surface area contributed by atoms with Crippen molar-refractivity contribution in [3.05, 3.63) is 51.3 Å². The fourth-order valence-corrected chi connectivity index (χ4v) is 3.43. The van der Waals surface area contributed by atoms with Crippen molar-refractivity contribution in [3.63, 3.8) is 0 Å². The summed E-state index contributed by atoms with van der Waals surface area (Å²) in [4.78, 5) is 38.3. The van der Waals surface area contributed by atoms with Crippen molar-refractivity contribution in [3.8, 4) is 5.69 Å². The first-order chi connectivity index (χ1) is 11.5. The number of pyridine rings is 1. The molecule has 3 heterocycles. The molecule has 2 aliphatic heterocycles. The van der Waals surface area contributed by atoms with Gasteiger partial charge in [-0.15, -0.1) is 0 Å². The molecule has 0 saturated carbocycles. The summed E-state index contributed by atoms with van der Waals surface area (Å²) >= 11 is 0. The molecule has 2 amide bonds. The van der Waals surface area contributed by atoms with E-state index in [1.165, 1.54) is 10.1 Å². The van der Waals surface area contributed by atoms with Crippen molar-refractivity contribution in [1.82, 2.24) is 9.88 Å². The van der Waals surface area contributed by atoms with Crippen LogP contribution in [-0.2, 0) is 6.42 Å². The molecule has 7 nitrogen and oxygen atoms in total. The average Bonchev–Trinajstić information content (AvgIpc) is 2.82. The first-order valence-corrected chi connectivity index (χ1v) is 7.73. The summed E-state index contributed by atoms with van der Waals surface area (Å²) in [5, 5.41) is 2.17. The number of amides is 2. The number of nitrogen functional groups attached to an aromatic ring is 1. The summed E-state index contributed by atoms with van der Waals surface area (Å²) in [7, 11) is 2.00. The van der Waals surface area contributed by atoms with Gasteiger partial charge < -0.3 is 10.6 Å². The lowest BCUT2D eigenvalue weighted by Gasteiger charge is -2.28. The fraction of sp³-hybridized carbons (Fsp3) is 0.235. The van der Waals surface area contributed by atoms with Crippen LogP contribution in [0.5, 0.6) is 0 Å². The molecular formula is C17H16N4O3. The molecule has 4 rings (SSSR count). The quantitative estimate of drug-likeness (QED) is 0.752. The summed E-state index contributed by atoms with van der Waals surface area (Å²) in [6.07, 6.45) is 2.08. The maximum absolute atomic E-state index is 12.5. The lowest BCUT2D eigenvalue weighted by atomic mass is 10.0. The first kappa shape index (κ1) is 14.5. The van der Waals surface area contributed by atoms with Gasteiger partial charge in [-0.2, -0.15) is 0 Å². The average molecular weight is 324 g/mol. The van der Waals surface area contributed by atoms with E-state index < -0.39 is 17.4 Å². The van der Waals surface area contributed by atoms with Gasteiger partial charge in [-0.1, -0.05) is 6.07 Å². The summed E-state index contributed by atoms with van der Waals surface area (Å²) in [6, 6.07) is 6.85. The van der Waals surface area contributed by atoms with Gasteiger partial charge in [0.15, 0.2) is 0 Å². The lowest BCUT2D eigenvalue weighted by molar-refractivity contribution is 0.0880. The Balaban J connectivity index is 1.94. The number of imide groups is 1. The third kappa shape index (κ3) is 1.94. The molecule has 24 heavy (non-hydrogen) atoms. The van der Waals surface area contributed by atoms with E-state index in [0.29, 0.717) is 5.69 Å². The minimum Gasteiger partial charge on any atom is -0.384 e. The third-order valence-corrected chi connectivity index (χ3v) is 4.63. The number of aromatic nitrogens is 1. The zero-order valence-corrected chi connectivity index (χ0v) is 13.1. The summed E-state index contributed by atoms with van der Waals surface area (Å²) in [6.45, 7) is 0.946. The van der Waals surface area contributed by atoms with Crippen molar-refractivity contribution >= 4 is 23.3 Å². The van der Waals surface area contributed by atoms with Crippen LogP contribution in [0.25, 0.3) is 5.69 Å². The van der Waals surface area contributed by atoms with Gasteiger partial charge in [-0.25, -0.2) is 0 Å².